The zero-order valence-electron chi connectivity index (χ0n) is 17.2. The highest BCUT2D eigenvalue weighted by Gasteiger charge is 2.51. The molecule has 0 spiro atoms. The first-order valence-corrected chi connectivity index (χ1v) is 11.9. The number of amides is 1. The summed E-state index contributed by atoms with van der Waals surface area (Å²) in [4.78, 5) is 10.3. The third-order valence-electron chi connectivity index (χ3n) is 5.17. The molecule has 174 valence electrons. The van der Waals surface area contributed by atoms with Gasteiger partial charge in [-0.1, -0.05) is 65.7 Å². The minimum atomic E-state index is -5.56. The first kappa shape index (κ1) is 24.0. The maximum atomic E-state index is 15.0. The van der Waals surface area contributed by atoms with E-state index in [-0.39, 0.29) is 26.9 Å². The van der Waals surface area contributed by atoms with Crippen molar-refractivity contribution in [3.63, 3.8) is 0 Å². The highest BCUT2D eigenvalue weighted by molar-refractivity contribution is 7.87. The molecule has 0 heterocycles. The van der Waals surface area contributed by atoms with Gasteiger partial charge >= 0.3 is 10.2 Å². The summed E-state index contributed by atoms with van der Waals surface area (Å²) in [5.41, 5.74) is -0.242. The number of azo groups is 1. The lowest BCUT2D eigenvalue weighted by atomic mass is 9.85. The molecule has 1 amide bonds. The highest BCUT2D eigenvalue weighted by atomic mass is 35.5. The molecule has 3 aromatic carbocycles. The fourth-order valence-electron chi connectivity index (χ4n) is 3.53. The molecule has 7 nitrogen and oxygen atoms in total. The molecule has 1 aliphatic carbocycles. The number of nitrogens with one attached hydrogen (secondary N) is 1. The molecule has 0 radical (unpaired) electrons. The molecule has 3 aromatic rings. The summed E-state index contributed by atoms with van der Waals surface area (Å²) >= 11 is 12.0. The maximum absolute atomic E-state index is 15.0. The molecule has 4 rings (SSSR count). The van der Waals surface area contributed by atoms with E-state index in [1.165, 1.54) is 42.5 Å². The second kappa shape index (κ2) is 9.27. The minimum Gasteiger partial charge on any atom is -0.383 e. The number of benzene rings is 3. The van der Waals surface area contributed by atoms with Gasteiger partial charge in [-0.3, -0.25) is 4.79 Å². The normalized spacial score (nSPS) is 20.0. The third kappa shape index (κ3) is 4.47. The van der Waals surface area contributed by atoms with Gasteiger partial charge in [0.25, 0.3) is 10.8 Å². The Bertz CT molecular complexity index is 1430. The predicted molar refractivity (Wildman–Crippen MR) is 127 cm³/mol. The summed E-state index contributed by atoms with van der Waals surface area (Å²) in [7, 11) is -5.56. The van der Waals surface area contributed by atoms with Crippen molar-refractivity contribution in [2.45, 2.75) is 11.0 Å². The number of rotatable bonds is 5. The molecule has 0 saturated heterocycles. The van der Waals surface area contributed by atoms with E-state index in [4.69, 9.17) is 23.2 Å². The van der Waals surface area contributed by atoms with Crippen molar-refractivity contribution < 1.29 is 22.2 Å². The Kier molecular flexibility index (Phi) is 6.55. The predicted octanol–water partition coefficient (Wildman–Crippen LogP) is 5.84. The molecule has 34 heavy (non-hydrogen) atoms. The Morgan fingerprint density at radius 1 is 1.03 bits per heavy atom. The Hall–Kier alpha value is -3.11. The largest absolute Gasteiger partial charge is 0.383 e. The number of aliphatic hydroxyl groups is 1. The molecule has 11 heteroatoms. The van der Waals surface area contributed by atoms with Gasteiger partial charge in [-0.25, -0.2) is 0 Å². The van der Waals surface area contributed by atoms with E-state index >= 15 is 0 Å². The van der Waals surface area contributed by atoms with Crippen LogP contribution in [0.25, 0.3) is 0 Å². The average Bonchev–Trinajstić information content (AvgIpc) is 2.80. The Balaban J connectivity index is 1.91. The van der Waals surface area contributed by atoms with Crippen molar-refractivity contribution in [1.82, 2.24) is 0 Å². The smallest absolute Gasteiger partial charge is 0.338 e. The van der Waals surface area contributed by atoms with Crippen LogP contribution in [0, 0.1) is 0 Å². The first-order valence-electron chi connectivity index (χ1n) is 9.81. The number of halogens is 3. The summed E-state index contributed by atoms with van der Waals surface area (Å²) in [6, 6.07) is 18.2. The van der Waals surface area contributed by atoms with E-state index in [9.17, 15) is 22.2 Å². The molecule has 2 unspecified atom stereocenters. The lowest BCUT2D eigenvalue weighted by Gasteiger charge is -2.32. The van der Waals surface area contributed by atoms with E-state index in [1.54, 1.807) is 30.3 Å². The number of anilines is 1. The van der Waals surface area contributed by atoms with Gasteiger partial charge in [-0.15, -0.1) is 3.89 Å². The van der Waals surface area contributed by atoms with Gasteiger partial charge in [-0.05, 0) is 42.0 Å². The zero-order valence-corrected chi connectivity index (χ0v) is 19.5. The molecule has 0 aromatic heterocycles. The zero-order chi connectivity index (χ0) is 24.5. The summed E-state index contributed by atoms with van der Waals surface area (Å²) in [6.07, 6.45) is -0.782. The Morgan fingerprint density at radius 2 is 1.71 bits per heavy atom. The van der Waals surface area contributed by atoms with Crippen LogP contribution >= 0.6 is 23.2 Å². The van der Waals surface area contributed by atoms with Crippen LogP contribution < -0.4 is 5.32 Å². The number of hydrogen-bond donors (Lipinski definition) is 2. The monoisotopic (exact) mass is 519 g/mol. The fourth-order valence-corrected chi connectivity index (χ4v) is 4.71. The molecule has 0 aliphatic heterocycles. The van der Waals surface area contributed by atoms with Crippen molar-refractivity contribution in [1.29, 1.82) is 0 Å². The third-order valence-corrected chi connectivity index (χ3v) is 6.88. The van der Waals surface area contributed by atoms with Crippen LogP contribution in [0.3, 0.4) is 0 Å². The van der Waals surface area contributed by atoms with Gasteiger partial charge in [0.2, 0.25) is 0 Å². The quantitative estimate of drug-likeness (QED) is 0.325. The van der Waals surface area contributed by atoms with Crippen LogP contribution in [0.15, 0.2) is 94.7 Å². The second-order valence-electron chi connectivity index (χ2n) is 7.34. The molecular formula is C23H16Cl2FN3O4S. The van der Waals surface area contributed by atoms with Gasteiger partial charge < -0.3 is 10.4 Å². The van der Waals surface area contributed by atoms with E-state index in [0.717, 1.165) is 6.08 Å². The van der Waals surface area contributed by atoms with Crippen molar-refractivity contribution in [2.75, 3.05) is 5.32 Å². The number of hydrogen-bond acceptors (Lipinski definition) is 6. The summed E-state index contributed by atoms with van der Waals surface area (Å²) in [5.74, 6) is -0.836. The van der Waals surface area contributed by atoms with Crippen molar-refractivity contribution in [2.24, 2.45) is 10.2 Å². The Morgan fingerprint density at radius 3 is 2.41 bits per heavy atom. The fraction of sp³-hybridized carbons (Fsp3) is 0.0870. The summed E-state index contributed by atoms with van der Waals surface area (Å²) in [6.45, 7) is 0. The van der Waals surface area contributed by atoms with Crippen molar-refractivity contribution in [3.8, 4) is 0 Å². The van der Waals surface area contributed by atoms with Gasteiger partial charge in [-0.2, -0.15) is 18.6 Å². The number of carbonyl (C=O) groups is 1. The number of nitrogens with zero attached hydrogens (tertiary/aromatic N) is 2. The number of carbonyl (C=O) groups excluding carboxylic acids is 1. The lowest BCUT2D eigenvalue weighted by molar-refractivity contribution is -0.113. The minimum absolute atomic E-state index is 0.00974. The van der Waals surface area contributed by atoms with E-state index in [1.807, 2.05) is 0 Å². The lowest BCUT2D eigenvalue weighted by Crippen LogP contribution is -2.36. The molecule has 1 aliphatic rings. The van der Waals surface area contributed by atoms with Gasteiger partial charge in [0.1, 0.15) is 11.8 Å². The van der Waals surface area contributed by atoms with E-state index in [2.05, 4.69) is 15.5 Å². The van der Waals surface area contributed by atoms with Crippen LogP contribution in [-0.4, -0.2) is 19.4 Å². The van der Waals surface area contributed by atoms with E-state index < -0.39 is 32.7 Å². The number of aliphatic hydroxyl groups excluding tert-OH is 1. The van der Waals surface area contributed by atoms with Gasteiger partial charge in [0, 0.05) is 16.3 Å². The van der Waals surface area contributed by atoms with Crippen LogP contribution in [0.2, 0.25) is 10.0 Å². The van der Waals surface area contributed by atoms with Crippen molar-refractivity contribution in [3.05, 3.63) is 106 Å². The maximum Gasteiger partial charge on any atom is 0.338 e. The topological polar surface area (TPSA) is 108 Å². The Labute approximate surface area is 204 Å². The van der Waals surface area contributed by atoms with Gasteiger partial charge in [0.05, 0.1) is 10.6 Å². The van der Waals surface area contributed by atoms with Crippen LogP contribution in [0.5, 0.6) is 0 Å². The summed E-state index contributed by atoms with van der Waals surface area (Å²) < 4.78 is 40.1. The molecule has 0 bridgehead atoms. The first-order chi connectivity index (χ1) is 16.1. The molecule has 2 N–H and O–H groups in total. The van der Waals surface area contributed by atoms with Crippen LogP contribution in [-0.2, 0) is 19.9 Å². The second-order valence-corrected chi connectivity index (χ2v) is 9.68. The van der Waals surface area contributed by atoms with Gasteiger partial charge in [0.15, 0.2) is 0 Å². The van der Waals surface area contributed by atoms with E-state index in [0.29, 0.717) is 5.69 Å². The highest BCUT2D eigenvalue weighted by Crippen LogP contribution is 2.47. The molecule has 0 saturated carbocycles. The summed E-state index contributed by atoms with van der Waals surface area (Å²) in [5, 5.41) is 21.5. The standard InChI is InChI=1S/C23H16Cl2FN3O4S/c24-14-10-11-19(25)20(12-14)28-29-23(34(26,32)33)13-17(21(30)16-8-4-5-9-18(16)23)22(31)27-15-6-2-1-3-7-15/h1-13,21,30H,(H,27,31)/b29-28+. The molecule has 0 fully saturated rings. The molecular weight excluding hydrogens is 504 g/mol. The number of para-hydroxylation sites is 1. The molecule has 2 atom stereocenters. The van der Waals surface area contributed by atoms with Crippen molar-refractivity contribution >= 4 is 50.7 Å². The van der Waals surface area contributed by atoms with Crippen LogP contribution in [0.4, 0.5) is 15.3 Å². The average molecular weight is 520 g/mol. The number of fused-ring (bicyclic) bond motifs is 1. The SMILES string of the molecule is O=C(Nc1ccccc1)C1=CC(/N=N/c2cc(Cl)ccc2Cl)(S(=O)(=O)F)c2ccccc2C1O. The van der Waals surface area contributed by atoms with Crippen LogP contribution in [0.1, 0.15) is 17.2 Å².